The van der Waals surface area contributed by atoms with Gasteiger partial charge in [-0.3, -0.25) is 0 Å². The van der Waals surface area contributed by atoms with Gasteiger partial charge in [0.25, 0.3) is 0 Å². The van der Waals surface area contributed by atoms with E-state index in [1.54, 1.807) is 0 Å². The lowest BCUT2D eigenvalue weighted by Crippen LogP contribution is -2.51. The van der Waals surface area contributed by atoms with Crippen LogP contribution in [-0.4, -0.2) is 10.7 Å². The molecule has 1 N–H and O–H groups in total. The van der Waals surface area contributed by atoms with E-state index in [-0.39, 0.29) is 11.0 Å². The average molecular weight is 196 g/mol. The second-order valence-electron chi connectivity index (χ2n) is 6.00. The van der Waals surface area contributed by atoms with Gasteiger partial charge in [-0.05, 0) is 37.0 Å². The van der Waals surface area contributed by atoms with Crippen molar-refractivity contribution in [3.8, 4) is 0 Å². The Hall–Kier alpha value is -0.0400. The zero-order chi connectivity index (χ0) is 10.2. The first kappa shape index (κ1) is 10.5. The monoisotopic (exact) mass is 196 g/mol. The molecule has 0 bridgehead atoms. The molecule has 0 aliphatic heterocycles. The molecule has 2 aliphatic carbocycles. The maximum Gasteiger partial charge on any atom is 0.0726 e. The highest BCUT2D eigenvalue weighted by molar-refractivity contribution is 5.01. The Morgan fingerprint density at radius 2 is 1.50 bits per heavy atom. The van der Waals surface area contributed by atoms with Crippen LogP contribution in [-0.2, 0) is 0 Å². The maximum atomic E-state index is 10.9. The molecule has 14 heavy (non-hydrogen) atoms. The molecule has 0 aromatic heterocycles. The molecular weight excluding hydrogens is 172 g/mol. The van der Waals surface area contributed by atoms with Crippen molar-refractivity contribution in [3.63, 3.8) is 0 Å². The molecule has 0 aromatic carbocycles. The molecule has 0 radical (unpaired) electrons. The minimum atomic E-state index is -0.345. The fraction of sp³-hybridized carbons (Fsp3) is 1.00. The first-order valence-corrected chi connectivity index (χ1v) is 6.29. The van der Waals surface area contributed by atoms with Gasteiger partial charge in [0.05, 0.1) is 5.60 Å². The lowest BCUT2D eigenvalue weighted by Gasteiger charge is -2.50. The normalized spacial score (nSPS) is 38.8. The van der Waals surface area contributed by atoms with Gasteiger partial charge in [-0.25, -0.2) is 0 Å². The molecular formula is C13H24O. The number of hydrogen-bond donors (Lipinski definition) is 1. The fourth-order valence-electron chi connectivity index (χ4n) is 3.68. The molecule has 2 aliphatic rings. The van der Waals surface area contributed by atoms with Crippen molar-refractivity contribution in [1.82, 2.24) is 0 Å². The van der Waals surface area contributed by atoms with E-state index in [0.29, 0.717) is 5.92 Å². The number of aliphatic hydroxyl groups is 1. The van der Waals surface area contributed by atoms with Gasteiger partial charge in [-0.15, -0.1) is 0 Å². The molecule has 0 saturated heterocycles. The van der Waals surface area contributed by atoms with E-state index < -0.39 is 0 Å². The predicted octanol–water partition coefficient (Wildman–Crippen LogP) is 3.51. The molecule has 1 heteroatoms. The van der Waals surface area contributed by atoms with Gasteiger partial charge in [0.15, 0.2) is 0 Å². The Bertz CT molecular complexity index is 203. The van der Waals surface area contributed by atoms with E-state index in [0.717, 1.165) is 6.42 Å². The Balaban J connectivity index is 2.17. The van der Waals surface area contributed by atoms with Crippen LogP contribution in [0.2, 0.25) is 0 Å². The van der Waals surface area contributed by atoms with Gasteiger partial charge in [0.1, 0.15) is 0 Å². The molecule has 0 amide bonds. The van der Waals surface area contributed by atoms with Gasteiger partial charge in [0, 0.05) is 0 Å². The van der Waals surface area contributed by atoms with Crippen LogP contribution in [0.25, 0.3) is 0 Å². The third-order valence-corrected chi connectivity index (χ3v) is 4.81. The molecule has 2 saturated carbocycles. The van der Waals surface area contributed by atoms with Crippen molar-refractivity contribution in [3.05, 3.63) is 0 Å². The summed E-state index contributed by atoms with van der Waals surface area (Å²) in [5.41, 5.74) is -0.192. The number of rotatable bonds is 1. The smallest absolute Gasteiger partial charge is 0.0726 e. The summed E-state index contributed by atoms with van der Waals surface area (Å²) in [6, 6.07) is 0. The van der Waals surface area contributed by atoms with E-state index in [1.807, 2.05) is 0 Å². The maximum absolute atomic E-state index is 10.9. The lowest BCUT2D eigenvalue weighted by molar-refractivity contribution is -0.136. The van der Waals surface area contributed by atoms with Crippen molar-refractivity contribution in [2.24, 2.45) is 11.3 Å². The molecule has 1 unspecified atom stereocenters. The summed E-state index contributed by atoms with van der Waals surface area (Å²) in [6.45, 7) is 4.54. The minimum Gasteiger partial charge on any atom is -0.389 e. The highest BCUT2D eigenvalue weighted by Crippen LogP contribution is 2.51. The summed E-state index contributed by atoms with van der Waals surface area (Å²) >= 11 is 0. The van der Waals surface area contributed by atoms with Gasteiger partial charge >= 0.3 is 0 Å². The Kier molecular flexibility index (Phi) is 2.63. The van der Waals surface area contributed by atoms with Crippen molar-refractivity contribution < 1.29 is 5.11 Å². The van der Waals surface area contributed by atoms with Crippen LogP contribution in [0, 0.1) is 11.3 Å². The SMILES string of the molecule is CC1(C)CCCCC1(O)C1CCCC1. The van der Waals surface area contributed by atoms with Crippen LogP contribution in [0.5, 0.6) is 0 Å². The highest BCUT2D eigenvalue weighted by atomic mass is 16.3. The van der Waals surface area contributed by atoms with Crippen molar-refractivity contribution in [2.45, 2.75) is 70.8 Å². The molecule has 1 atom stereocenters. The minimum absolute atomic E-state index is 0.153. The largest absolute Gasteiger partial charge is 0.389 e. The van der Waals surface area contributed by atoms with Crippen molar-refractivity contribution in [1.29, 1.82) is 0 Å². The molecule has 2 fully saturated rings. The van der Waals surface area contributed by atoms with Gasteiger partial charge in [0.2, 0.25) is 0 Å². The summed E-state index contributed by atoms with van der Waals surface area (Å²) in [5.74, 6) is 0.595. The lowest BCUT2D eigenvalue weighted by atomic mass is 9.60. The summed E-state index contributed by atoms with van der Waals surface area (Å²) in [7, 11) is 0. The average Bonchev–Trinajstić information content (AvgIpc) is 2.63. The third kappa shape index (κ3) is 1.50. The Labute approximate surface area is 87.9 Å². The second kappa shape index (κ2) is 3.52. The molecule has 0 heterocycles. The highest BCUT2D eigenvalue weighted by Gasteiger charge is 2.50. The van der Waals surface area contributed by atoms with Crippen LogP contribution in [0.4, 0.5) is 0 Å². The van der Waals surface area contributed by atoms with Gasteiger partial charge < -0.3 is 5.11 Å². The zero-order valence-corrected chi connectivity index (χ0v) is 9.68. The van der Waals surface area contributed by atoms with Gasteiger partial charge in [-0.2, -0.15) is 0 Å². The predicted molar refractivity (Wildman–Crippen MR) is 59.2 cm³/mol. The van der Waals surface area contributed by atoms with E-state index in [9.17, 15) is 5.11 Å². The van der Waals surface area contributed by atoms with E-state index in [2.05, 4.69) is 13.8 Å². The van der Waals surface area contributed by atoms with Crippen LogP contribution in [0.15, 0.2) is 0 Å². The molecule has 0 spiro atoms. The molecule has 0 aromatic rings. The molecule has 1 nitrogen and oxygen atoms in total. The quantitative estimate of drug-likeness (QED) is 0.680. The standard InChI is InChI=1S/C13H24O/c1-12(2)9-5-6-10-13(12,14)11-7-3-4-8-11/h11,14H,3-10H2,1-2H3. The van der Waals surface area contributed by atoms with Crippen molar-refractivity contribution in [2.75, 3.05) is 0 Å². The summed E-state index contributed by atoms with van der Waals surface area (Å²) < 4.78 is 0. The van der Waals surface area contributed by atoms with Crippen LogP contribution >= 0.6 is 0 Å². The van der Waals surface area contributed by atoms with Crippen LogP contribution < -0.4 is 0 Å². The van der Waals surface area contributed by atoms with Crippen molar-refractivity contribution >= 4 is 0 Å². The van der Waals surface area contributed by atoms with Gasteiger partial charge in [-0.1, -0.05) is 39.5 Å². The summed E-state index contributed by atoms with van der Waals surface area (Å²) in [5, 5.41) is 10.9. The van der Waals surface area contributed by atoms with E-state index >= 15 is 0 Å². The Morgan fingerprint density at radius 3 is 2.07 bits per heavy atom. The van der Waals surface area contributed by atoms with E-state index in [1.165, 1.54) is 44.9 Å². The zero-order valence-electron chi connectivity index (χ0n) is 9.68. The van der Waals surface area contributed by atoms with Crippen LogP contribution in [0.1, 0.15) is 65.2 Å². The topological polar surface area (TPSA) is 20.2 Å². The molecule has 2 rings (SSSR count). The fourth-order valence-corrected chi connectivity index (χ4v) is 3.68. The Morgan fingerprint density at radius 1 is 0.929 bits per heavy atom. The van der Waals surface area contributed by atoms with E-state index in [4.69, 9.17) is 0 Å². The number of hydrogen-bond acceptors (Lipinski definition) is 1. The summed E-state index contributed by atoms with van der Waals surface area (Å²) in [4.78, 5) is 0. The van der Waals surface area contributed by atoms with Crippen LogP contribution in [0.3, 0.4) is 0 Å². The molecule has 82 valence electrons. The second-order valence-corrected chi connectivity index (χ2v) is 6.00. The summed E-state index contributed by atoms with van der Waals surface area (Å²) in [6.07, 6.45) is 10.00. The first-order valence-electron chi connectivity index (χ1n) is 6.29. The first-order chi connectivity index (χ1) is 6.56. The third-order valence-electron chi connectivity index (χ3n) is 4.81.